The Labute approximate surface area is 239 Å². The van der Waals surface area contributed by atoms with E-state index in [2.05, 4.69) is 0 Å². The van der Waals surface area contributed by atoms with E-state index in [1.165, 1.54) is 0 Å². The normalized spacial score (nSPS) is 22.9. The van der Waals surface area contributed by atoms with Gasteiger partial charge in [-0.05, 0) is 71.6 Å². The molecule has 1 fully saturated rings. The minimum atomic E-state index is -1.83. The first-order valence-electron chi connectivity index (χ1n) is 14.4. The van der Waals surface area contributed by atoms with E-state index < -0.39 is 47.7 Å². The van der Waals surface area contributed by atoms with E-state index >= 15 is 0 Å². The number of aliphatic carboxylic acids is 1. The smallest absolute Gasteiger partial charge is 0.195 e. The van der Waals surface area contributed by atoms with Crippen molar-refractivity contribution in [1.82, 2.24) is 4.90 Å². The van der Waals surface area contributed by atoms with Crippen molar-refractivity contribution in [1.29, 1.82) is 0 Å². The number of carboxylic acid groups (broad SMARTS) is 1. The molecule has 1 aromatic carbocycles. The number of hydrogen-bond donors (Lipinski definition) is 6. The van der Waals surface area contributed by atoms with Gasteiger partial charge in [0.05, 0.1) is 18.8 Å². The highest BCUT2D eigenvalue weighted by Crippen LogP contribution is 2.36. The molecule has 0 amide bonds. The Morgan fingerprint density at radius 3 is 1.95 bits per heavy atom. The van der Waals surface area contributed by atoms with Crippen LogP contribution in [0.1, 0.15) is 74.9 Å². The fraction of sp³-hybridized carbons (Fsp3) is 0.733. The van der Waals surface area contributed by atoms with Gasteiger partial charge >= 0.3 is 0 Å². The topological polar surface area (TPSA) is 166 Å². The van der Waals surface area contributed by atoms with Gasteiger partial charge in [-0.25, -0.2) is 0 Å². The number of carboxylic acids is 1. The molecule has 0 radical (unpaired) electrons. The van der Waals surface area contributed by atoms with Crippen LogP contribution in [0.15, 0.2) is 18.2 Å². The van der Waals surface area contributed by atoms with Gasteiger partial charge in [-0.2, -0.15) is 0 Å². The largest absolute Gasteiger partial charge is 0.550 e. The van der Waals surface area contributed by atoms with Crippen molar-refractivity contribution in [2.75, 3.05) is 39.3 Å². The zero-order chi connectivity index (χ0) is 30.6. The summed E-state index contributed by atoms with van der Waals surface area (Å²) >= 11 is 0. The molecule has 2 rings (SSSR count). The zero-order valence-electron chi connectivity index (χ0n) is 25.1. The van der Waals surface area contributed by atoms with Crippen LogP contribution in [0.2, 0.25) is 0 Å². The third-order valence-electron chi connectivity index (χ3n) is 7.32. The van der Waals surface area contributed by atoms with E-state index in [-0.39, 0.29) is 12.8 Å². The second kappa shape index (κ2) is 17.1. The number of hydrogen-bond acceptors (Lipinski definition) is 9. The SMILES string of the molecule is CC(O)CN(CC[NH+](CC(C)O)CC(C)O)CC(C)O.Cc1ccc(C(=O)C2(O)CCCCC2C(=O)[O-])cc1C. The molecule has 0 aliphatic heterocycles. The Bertz CT molecular complexity index is 877. The van der Waals surface area contributed by atoms with Crippen LogP contribution in [0.5, 0.6) is 0 Å². The lowest BCUT2D eigenvalue weighted by molar-refractivity contribution is -0.905. The van der Waals surface area contributed by atoms with Gasteiger partial charge in [0.15, 0.2) is 5.78 Å². The highest BCUT2D eigenvalue weighted by Gasteiger charge is 2.46. The Balaban J connectivity index is 0.000000400. The maximum absolute atomic E-state index is 12.6. The zero-order valence-corrected chi connectivity index (χ0v) is 25.1. The van der Waals surface area contributed by atoms with Crippen molar-refractivity contribution >= 4 is 11.8 Å². The van der Waals surface area contributed by atoms with Crippen molar-refractivity contribution in [3.05, 3.63) is 34.9 Å². The lowest BCUT2D eigenvalue weighted by atomic mass is 9.71. The lowest BCUT2D eigenvalue weighted by Crippen LogP contribution is -3.14. The number of rotatable bonds is 14. The highest BCUT2D eigenvalue weighted by atomic mass is 16.4. The number of nitrogens with zero attached hydrogens (tertiary/aromatic N) is 1. The number of carbonyl (C=O) groups is 2. The van der Waals surface area contributed by atoms with Crippen LogP contribution in [0.25, 0.3) is 0 Å². The molecule has 1 saturated carbocycles. The van der Waals surface area contributed by atoms with Crippen molar-refractivity contribution in [3.8, 4) is 0 Å². The summed E-state index contributed by atoms with van der Waals surface area (Å²) in [6.45, 7) is 14.4. The molecule has 6 atom stereocenters. The molecule has 230 valence electrons. The number of aryl methyl sites for hydroxylation is 2. The summed E-state index contributed by atoms with van der Waals surface area (Å²) in [5, 5.41) is 59.8. The Kier molecular flexibility index (Phi) is 15.5. The molecule has 1 aliphatic carbocycles. The van der Waals surface area contributed by atoms with Crippen LogP contribution < -0.4 is 10.0 Å². The quantitative estimate of drug-likeness (QED) is 0.152. The first-order chi connectivity index (χ1) is 18.6. The number of aliphatic hydroxyl groups excluding tert-OH is 4. The summed E-state index contributed by atoms with van der Waals surface area (Å²) < 4.78 is 0. The van der Waals surface area contributed by atoms with E-state index in [4.69, 9.17) is 0 Å². The molecule has 0 spiro atoms. The molecule has 10 heteroatoms. The Morgan fingerprint density at radius 1 is 0.950 bits per heavy atom. The number of nitrogens with one attached hydrogen (secondary N) is 1. The van der Waals surface area contributed by atoms with Gasteiger partial charge in [-0.3, -0.25) is 9.69 Å². The summed E-state index contributed by atoms with van der Waals surface area (Å²) in [6.07, 6.45) is 0.109. The fourth-order valence-corrected chi connectivity index (χ4v) is 5.32. The lowest BCUT2D eigenvalue weighted by Gasteiger charge is -2.39. The van der Waals surface area contributed by atoms with Gasteiger partial charge in [0.2, 0.25) is 0 Å². The van der Waals surface area contributed by atoms with E-state index in [1.807, 2.05) is 24.8 Å². The van der Waals surface area contributed by atoms with E-state index in [0.29, 0.717) is 51.1 Å². The molecule has 6 N–H and O–H groups in total. The second-order valence-corrected chi connectivity index (χ2v) is 11.7. The molecular weight excluding hydrogens is 516 g/mol. The minimum absolute atomic E-state index is 0.178. The predicted molar refractivity (Wildman–Crippen MR) is 151 cm³/mol. The number of benzene rings is 1. The molecule has 0 heterocycles. The molecule has 1 aliphatic rings. The number of Topliss-reactive ketones (excluding diaryl/α,β-unsaturated/α-hetero) is 1. The van der Waals surface area contributed by atoms with E-state index in [9.17, 15) is 40.2 Å². The summed E-state index contributed by atoms with van der Waals surface area (Å²) in [7, 11) is 0. The Hall–Kier alpha value is -1.92. The van der Waals surface area contributed by atoms with Crippen molar-refractivity contribution in [3.63, 3.8) is 0 Å². The molecule has 40 heavy (non-hydrogen) atoms. The monoisotopic (exact) mass is 568 g/mol. The van der Waals surface area contributed by atoms with Gasteiger partial charge in [-0.1, -0.05) is 25.0 Å². The van der Waals surface area contributed by atoms with Gasteiger partial charge in [0.25, 0.3) is 0 Å². The number of carbonyl (C=O) groups excluding carboxylic acids is 2. The molecule has 0 bridgehead atoms. The molecule has 6 unspecified atom stereocenters. The molecule has 10 nitrogen and oxygen atoms in total. The highest BCUT2D eigenvalue weighted by molar-refractivity contribution is 6.04. The maximum Gasteiger partial charge on any atom is 0.195 e. The average molecular weight is 569 g/mol. The first kappa shape index (κ1) is 36.1. The maximum atomic E-state index is 12.6. The van der Waals surface area contributed by atoms with Crippen LogP contribution in [0, 0.1) is 19.8 Å². The average Bonchev–Trinajstić information content (AvgIpc) is 2.82. The van der Waals surface area contributed by atoms with Gasteiger partial charge < -0.3 is 40.3 Å². The Morgan fingerprint density at radius 2 is 1.50 bits per heavy atom. The second-order valence-electron chi connectivity index (χ2n) is 11.7. The van der Waals surface area contributed by atoms with Crippen LogP contribution in [0.3, 0.4) is 0 Å². The predicted octanol–water partition coefficient (Wildman–Crippen LogP) is -1.15. The van der Waals surface area contributed by atoms with E-state index in [1.54, 1.807) is 39.8 Å². The first-order valence-corrected chi connectivity index (χ1v) is 14.4. The third-order valence-corrected chi connectivity index (χ3v) is 7.32. The molecule has 0 saturated heterocycles. The standard InChI is InChI=1S/C16H20O4.C14H32N2O4/c1-10-6-7-12(9-11(10)2)14(17)16(20)8-4-3-5-13(16)15(18)19;1-11(17)7-15(8-12(2)18)5-6-16(9-13(3)19)10-14(4)20/h6-7,9,13,20H,3-5,8H2,1-2H3,(H,18,19);11-14,17-20H,5-10H2,1-4H3. The van der Waals surface area contributed by atoms with Crippen LogP contribution in [-0.4, -0.2) is 111 Å². The van der Waals surface area contributed by atoms with Gasteiger partial charge in [0, 0.05) is 37.1 Å². The third kappa shape index (κ3) is 12.3. The van der Waals surface area contributed by atoms with Crippen LogP contribution in [0.4, 0.5) is 0 Å². The van der Waals surface area contributed by atoms with Gasteiger partial charge in [-0.15, -0.1) is 0 Å². The molecule has 0 aromatic heterocycles. The molecule has 1 aromatic rings. The van der Waals surface area contributed by atoms with Crippen molar-refractivity contribution in [2.45, 2.75) is 97.2 Å². The van der Waals surface area contributed by atoms with E-state index in [0.717, 1.165) is 22.6 Å². The van der Waals surface area contributed by atoms with Crippen molar-refractivity contribution in [2.24, 2.45) is 5.92 Å². The molecular formula is C30H52N2O8. The van der Waals surface area contributed by atoms with Gasteiger partial charge in [0.1, 0.15) is 30.9 Å². The summed E-state index contributed by atoms with van der Waals surface area (Å²) in [5.74, 6) is -2.97. The number of aliphatic hydroxyl groups is 5. The number of ketones is 1. The van der Waals surface area contributed by atoms with Crippen LogP contribution in [-0.2, 0) is 4.79 Å². The fourth-order valence-electron chi connectivity index (χ4n) is 5.32. The number of quaternary nitrogens is 1. The van der Waals surface area contributed by atoms with Crippen molar-refractivity contribution < 1.29 is 45.1 Å². The summed E-state index contributed by atoms with van der Waals surface area (Å²) in [6, 6.07) is 5.16. The summed E-state index contributed by atoms with van der Waals surface area (Å²) in [5.41, 5.74) is 0.524. The summed E-state index contributed by atoms with van der Waals surface area (Å²) in [4.78, 5) is 26.9. The minimum Gasteiger partial charge on any atom is -0.550 e. The van der Waals surface area contributed by atoms with Crippen LogP contribution >= 0.6 is 0 Å².